The van der Waals surface area contributed by atoms with E-state index >= 15 is 0 Å². The van der Waals surface area contributed by atoms with Gasteiger partial charge in [-0.15, -0.1) is 0 Å². The van der Waals surface area contributed by atoms with Crippen LogP contribution in [0.5, 0.6) is 0 Å². The van der Waals surface area contributed by atoms with Crippen molar-refractivity contribution in [3.63, 3.8) is 0 Å². The molecule has 43 heavy (non-hydrogen) atoms. The fraction of sp³-hybridized carbons (Fsp3) is 0.917. The first kappa shape index (κ1) is 32.1. The van der Waals surface area contributed by atoms with Crippen LogP contribution in [0.25, 0.3) is 0 Å². The van der Waals surface area contributed by atoms with E-state index in [2.05, 4.69) is 48.1 Å². The standard InChI is InChI=1S/C36H58O7/c1-19(2)20-10-15-36(31(42)30-29(41)28(40)27(39)22(18-37)43-30)17-16-34(6)21(26(20)36)8-9-24-33(5)13-12-25(38)32(3,4)23(33)11-14-35(24,34)7/h20-30,37-41H,1,8-18H2,2-7H3/t20-,21?,22?,23?,24?,25?,26?,27+,28?,29?,30+,33-,34+,35+,36-/m0/s1. The van der Waals surface area contributed by atoms with Crippen LogP contribution in [0.1, 0.15) is 106 Å². The highest BCUT2D eigenvalue weighted by atomic mass is 16.5. The maximum absolute atomic E-state index is 14.7. The molecule has 15 atom stereocenters. The van der Waals surface area contributed by atoms with Gasteiger partial charge >= 0.3 is 0 Å². The number of allylic oxidation sites excluding steroid dienone is 1. The molecule has 1 aliphatic heterocycles. The van der Waals surface area contributed by atoms with Crippen LogP contribution in [0.4, 0.5) is 0 Å². The van der Waals surface area contributed by atoms with Gasteiger partial charge in [0.15, 0.2) is 5.78 Å². The molecule has 0 spiro atoms. The first-order valence-electron chi connectivity index (χ1n) is 17.2. The van der Waals surface area contributed by atoms with Crippen LogP contribution < -0.4 is 0 Å². The Hall–Kier alpha value is -0.830. The normalized spacial score (nSPS) is 55.8. The number of ether oxygens (including phenoxy) is 1. The molecule has 6 aliphatic rings. The fourth-order valence-corrected chi connectivity index (χ4v) is 13.2. The van der Waals surface area contributed by atoms with E-state index in [1.165, 1.54) is 0 Å². The van der Waals surface area contributed by atoms with E-state index in [0.717, 1.165) is 63.4 Å². The second-order valence-electron chi connectivity index (χ2n) is 17.3. The topological polar surface area (TPSA) is 127 Å². The predicted molar refractivity (Wildman–Crippen MR) is 164 cm³/mol. The van der Waals surface area contributed by atoms with Crippen molar-refractivity contribution < 1.29 is 35.1 Å². The van der Waals surface area contributed by atoms with Crippen molar-refractivity contribution in [2.45, 2.75) is 142 Å². The number of aliphatic hydroxyl groups excluding tert-OH is 5. The number of aliphatic hydroxyl groups is 5. The Morgan fingerprint density at radius 2 is 1.49 bits per heavy atom. The number of carbonyl (C=O) groups is 1. The molecular weight excluding hydrogens is 544 g/mol. The Bertz CT molecular complexity index is 1130. The first-order valence-corrected chi connectivity index (χ1v) is 17.2. The Kier molecular flexibility index (Phi) is 7.72. The molecule has 1 saturated heterocycles. The zero-order valence-electron chi connectivity index (χ0n) is 27.4. The summed E-state index contributed by atoms with van der Waals surface area (Å²) < 4.78 is 5.91. The van der Waals surface area contributed by atoms with Crippen molar-refractivity contribution >= 4 is 5.78 Å². The molecule has 244 valence electrons. The molecule has 0 bridgehead atoms. The number of ketones is 1. The quantitative estimate of drug-likeness (QED) is 0.302. The summed E-state index contributed by atoms with van der Waals surface area (Å²) in [6.07, 6.45) is 2.44. The van der Waals surface area contributed by atoms with E-state index in [0.29, 0.717) is 24.2 Å². The van der Waals surface area contributed by atoms with Gasteiger partial charge in [-0.25, -0.2) is 0 Å². The van der Waals surface area contributed by atoms with Gasteiger partial charge in [0.2, 0.25) is 0 Å². The highest BCUT2D eigenvalue weighted by Gasteiger charge is 2.72. The molecule has 0 aromatic carbocycles. The third kappa shape index (κ3) is 4.10. The minimum atomic E-state index is -1.55. The van der Waals surface area contributed by atoms with E-state index in [1.807, 2.05) is 0 Å². The van der Waals surface area contributed by atoms with Gasteiger partial charge in [0, 0.05) is 5.41 Å². The number of Topliss-reactive ketones (excluding diaryl/α,β-unsaturated/α-hetero) is 1. The molecule has 7 heteroatoms. The lowest BCUT2D eigenvalue weighted by Crippen LogP contribution is -2.68. The Morgan fingerprint density at radius 3 is 2.14 bits per heavy atom. The van der Waals surface area contributed by atoms with Gasteiger partial charge in [-0.3, -0.25) is 4.79 Å². The molecular formula is C36H58O7. The number of rotatable bonds is 4. The predicted octanol–water partition coefficient (Wildman–Crippen LogP) is 4.42. The largest absolute Gasteiger partial charge is 0.394 e. The van der Waals surface area contributed by atoms with Crippen molar-refractivity contribution in [2.24, 2.45) is 56.7 Å². The summed E-state index contributed by atoms with van der Waals surface area (Å²) in [5, 5.41) is 52.9. The van der Waals surface area contributed by atoms with Crippen LogP contribution in [-0.2, 0) is 9.53 Å². The first-order chi connectivity index (χ1) is 20.0. The summed E-state index contributed by atoms with van der Waals surface area (Å²) in [5.41, 5.74) is 0.647. The van der Waals surface area contributed by atoms with Crippen LogP contribution in [0.15, 0.2) is 12.2 Å². The summed E-state index contributed by atoms with van der Waals surface area (Å²) in [6.45, 7) is 18.2. The second kappa shape index (κ2) is 10.3. The van der Waals surface area contributed by atoms with Gasteiger partial charge in [0.25, 0.3) is 0 Å². The summed E-state index contributed by atoms with van der Waals surface area (Å²) in [7, 11) is 0. The van der Waals surface area contributed by atoms with Crippen LogP contribution in [0.3, 0.4) is 0 Å². The molecule has 6 fully saturated rings. The maximum atomic E-state index is 14.7. The average molecular weight is 603 g/mol. The Labute approximate surface area is 258 Å². The van der Waals surface area contributed by atoms with E-state index in [1.54, 1.807) is 0 Å². The minimum Gasteiger partial charge on any atom is -0.394 e. The zero-order valence-corrected chi connectivity index (χ0v) is 27.4. The van der Waals surface area contributed by atoms with Crippen molar-refractivity contribution in [1.29, 1.82) is 0 Å². The minimum absolute atomic E-state index is 0.0337. The lowest BCUT2D eigenvalue weighted by atomic mass is 9.32. The molecule has 6 rings (SSSR count). The molecule has 1 heterocycles. The average Bonchev–Trinajstić information content (AvgIpc) is 3.35. The van der Waals surface area contributed by atoms with Gasteiger partial charge in [-0.05, 0) is 122 Å². The van der Waals surface area contributed by atoms with Gasteiger partial charge in [0.1, 0.15) is 30.5 Å². The highest BCUT2D eigenvalue weighted by molar-refractivity contribution is 5.90. The lowest BCUT2D eigenvalue weighted by molar-refractivity contribution is -0.252. The lowest BCUT2D eigenvalue weighted by Gasteiger charge is -2.73. The second-order valence-corrected chi connectivity index (χ2v) is 17.3. The van der Waals surface area contributed by atoms with Crippen molar-refractivity contribution in [2.75, 3.05) is 6.61 Å². The molecule has 0 aromatic rings. The van der Waals surface area contributed by atoms with E-state index in [-0.39, 0.29) is 45.4 Å². The van der Waals surface area contributed by atoms with Crippen LogP contribution >= 0.6 is 0 Å². The van der Waals surface area contributed by atoms with E-state index in [9.17, 15) is 30.3 Å². The molecule has 5 N–H and O–H groups in total. The van der Waals surface area contributed by atoms with Gasteiger partial charge < -0.3 is 30.3 Å². The van der Waals surface area contributed by atoms with Crippen LogP contribution in [0, 0.1) is 56.7 Å². The van der Waals surface area contributed by atoms with Crippen molar-refractivity contribution in [3.05, 3.63) is 12.2 Å². The Morgan fingerprint density at radius 1 is 0.791 bits per heavy atom. The van der Waals surface area contributed by atoms with Gasteiger partial charge in [-0.2, -0.15) is 0 Å². The van der Waals surface area contributed by atoms with Crippen LogP contribution in [0.2, 0.25) is 0 Å². The molecule has 0 amide bonds. The third-order valence-electron chi connectivity index (χ3n) is 15.7. The molecule has 7 nitrogen and oxygen atoms in total. The maximum Gasteiger partial charge on any atom is 0.170 e. The molecule has 5 saturated carbocycles. The fourth-order valence-electron chi connectivity index (χ4n) is 13.2. The molecule has 5 aliphatic carbocycles. The summed E-state index contributed by atoms with van der Waals surface area (Å²) in [4.78, 5) is 14.7. The SMILES string of the molecule is C=C(C)[C@@H]1CC[C@]2(C(=O)[C@@H]3OC(CO)[C@@H](O)C(O)C3O)CC[C@]3(C)C(CCC4[C@@]5(C)CCC(O)C(C)(C)C5CC[C@]43C)C12. The number of hydrogen-bond donors (Lipinski definition) is 5. The van der Waals surface area contributed by atoms with Crippen LogP contribution in [-0.4, -0.2) is 74.5 Å². The van der Waals surface area contributed by atoms with Gasteiger partial charge in [-0.1, -0.05) is 46.8 Å². The summed E-state index contributed by atoms with van der Waals surface area (Å²) in [5.74, 6) is 1.50. The monoisotopic (exact) mass is 602 g/mol. The Balaban J connectivity index is 1.38. The molecule has 0 aromatic heterocycles. The van der Waals surface area contributed by atoms with Crippen molar-refractivity contribution in [3.8, 4) is 0 Å². The number of hydrogen-bond acceptors (Lipinski definition) is 7. The zero-order chi connectivity index (χ0) is 31.5. The number of fused-ring (bicyclic) bond motifs is 7. The smallest absolute Gasteiger partial charge is 0.170 e. The van der Waals surface area contributed by atoms with Gasteiger partial charge in [0.05, 0.1) is 12.7 Å². The van der Waals surface area contributed by atoms with E-state index in [4.69, 9.17) is 4.74 Å². The highest BCUT2D eigenvalue weighted by Crippen LogP contribution is 2.77. The summed E-state index contributed by atoms with van der Waals surface area (Å²) in [6, 6.07) is 0. The van der Waals surface area contributed by atoms with Crippen molar-refractivity contribution in [1.82, 2.24) is 0 Å². The molecule has 0 radical (unpaired) electrons. The summed E-state index contributed by atoms with van der Waals surface area (Å²) >= 11 is 0. The molecule has 8 unspecified atom stereocenters. The van der Waals surface area contributed by atoms with E-state index < -0.39 is 42.5 Å². The third-order valence-corrected chi connectivity index (χ3v) is 15.7. The number of carbonyl (C=O) groups excluding carboxylic acids is 1.